The van der Waals surface area contributed by atoms with Gasteiger partial charge in [0.05, 0.1) is 6.07 Å². The average Bonchev–Trinajstić information content (AvgIpc) is 2.36. The Labute approximate surface area is 126 Å². The van der Waals surface area contributed by atoms with Crippen LogP contribution in [-0.4, -0.2) is 41.1 Å². The van der Waals surface area contributed by atoms with Crippen LogP contribution in [-0.2, 0) is 9.53 Å². The third kappa shape index (κ3) is 5.62. The number of nitriles is 1. The number of amides is 2. The maximum atomic E-state index is 12.1. The predicted octanol–water partition coefficient (Wildman–Crippen LogP) is 2.05. The Hall–Kier alpha value is -1.77. The van der Waals surface area contributed by atoms with Crippen molar-refractivity contribution in [1.29, 1.82) is 5.26 Å². The lowest BCUT2D eigenvalue weighted by Crippen LogP contribution is -2.49. The molecule has 1 heterocycles. The van der Waals surface area contributed by atoms with Gasteiger partial charge in [0.25, 0.3) is 0 Å². The van der Waals surface area contributed by atoms with E-state index in [4.69, 9.17) is 10.00 Å². The summed E-state index contributed by atoms with van der Waals surface area (Å²) < 4.78 is 5.31. The number of nitrogens with one attached hydrogen (secondary N) is 1. The van der Waals surface area contributed by atoms with E-state index in [1.807, 2.05) is 26.8 Å². The molecule has 0 unspecified atom stereocenters. The van der Waals surface area contributed by atoms with Crippen molar-refractivity contribution in [2.24, 2.45) is 5.92 Å². The van der Waals surface area contributed by atoms with Gasteiger partial charge in [-0.2, -0.15) is 5.26 Å². The number of rotatable bonds is 2. The standard InChI is InChI=1S/C15H25N3O3/c1-14(2,3)21-13(20)18-8-6-11(7-9-18)12(19)17-15(4,5)10-16/h11H,6-9H2,1-5H3,(H,17,19). The molecule has 1 saturated heterocycles. The Balaban J connectivity index is 2.47. The highest BCUT2D eigenvalue weighted by Crippen LogP contribution is 2.20. The lowest BCUT2D eigenvalue weighted by molar-refractivity contribution is -0.127. The minimum absolute atomic E-state index is 0.120. The van der Waals surface area contributed by atoms with Gasteiger partial charge in [0, 0.05) is 19.0 Å². The molecule has 0 aliphatic carbocycles. The third-order valence-corrected chi connectivity index (χ3v) is 3.23. The number of carbonyl (C=O) groups excluding carboxylic acids is 2. The molecule has 1 fully saturated rings. The van der Waals surface area contributed by atoms with Gasteiger partial charge in [-0.05, 0) is 47.5 Å². The average molecular weight is 295 g/mol. The number of nitrogens with zero attached hydrogens (tertiary/aromatic N) is 2. The molecule has 1 aliphatic heterocycles. The van der Waals surface area contributed by atoms with Gasteiger partial charge in [-0.3, -0.25) is 4.79 Å². The van der Waals surface area contributed by atoms with E-state index >= 15 is 0 Å². The summed E-state index contributed by atoms with van der Waals surface area (Å²) in [5.41, 5.74) is -1.37. The quantitative estimate of drug-likeness (QED) is 0.845. The Morgan fingerprint density at radius 1 is 1.19 bits per heavy atom. The van der Waals surface area contributed by atoms with E-state index in [1.165, 1.54) is 0 Å². The zero-order valence-electron chi connectivity index (χ0n) is 13.5. The zero-order chi connectivity index (χ0) is 16.3. The van der Waals surface area contributed by atoms with Crippen molar-refractivity contribution < 1.29 is 14.3 Å². The van der Waals surface area contributed by atoms with Gasteiger partial charge in [0.1, 0.15) is 11.1 Å². The third-order valence-electron chi connectivity index (χ3n) is 3.23. The number of ether oxygens (including phenoxy) is 1. The van der Waals surface area contributed by atoms with E-state index in [2.05, 4.69) is 5.32 Å². The molecular formula is C15H25N3O3. The highest BCUT2D eigenvalue weighted by molar-refractivity contribution is 5.80. The van der Waals surface area contributed by atoms with E-state index in [1.54, 1.807) is 18.7 Å². The number of hydrogen-bond acceptors (Lipinski definition) is 4. The number of piperidine rings is 1. The van der Waals surface area contributed by atoms with Crippen molar-refractivity contribution >= 4 is 12.0 Å². The fourth-order valence-corrected chi connectivity index (χ4v) is 2.09. The van der Waals surface area contributed by atoms with E-state index < -0.39 is 11.1 Å². The second-order valence-corrected chi connectivity index (χ2v) is 6.97. The smallest absolute Gasteiger partial charge is 0.410 e. The van der Waals surface area contributed by atoms with Crippen molar-refractivity contribution in [3.05, 3.63) is 0 Å². The lowest BCUT2D eigenvalue weighted by atomic mass is 9.94. The molecule has 1 N–H and O–H groups in total. The highest BCUT2D eigenvalue weighted by atomic mass is 16.6. The number of likely N-dealkylation sites (tertiary alicyclic amines) is 1. The molecule has 0 aromatic carbocycles. The Kier molecular flexibility index (Phi) is 5.21. The molecule has 0 bridgehead atoms. The second kappa shape index (κ2) is 6.33. The zero-order valence-corrected chi connectivity index (χ0v) is 13.5. The molecule has 0 aromatic heterocycles. The van der Waals surface area contributed by atoms with Crippen LogP contribution in [0.4, 0.5) is 4.79 Å². The van der Waals surface area contributed by atoms with Crippen LogP contribution in [0.1, 0.15) is 47.5 Å². The molecule has 0 aromatic rings. The fraction of sp³-hybridized carbons (Fsp3) is 0.800. The van der Waals surface area contributed by atoms with Crippen LogP contribution in [0.15, 0.2) is 0 Å². The highest BCUT2D eigenvalue weighted by Gasteiger charge is 2.31. The SMILES string of the molecule is CC(C)(C#N)NC(=O)C1CCN(C(=O)OC(C)(C)C)CC1. The summed E-state index contributed by atoms with van der Waals surface area (Å²) >= 11 is 0. The Bertz CT molecular complexity index is 438. The minimum atomic E-state index is -0.862. The summed E-state index contributed by atoms with van der Waals surface area (Å²) in [6.07, 6.45) is 0.845. The van der Waals surface area contributed by atoms with Crippen LogP contribution in [0.25, 0.3) is 0 Å². The predicted molar refractivity (Wildman–Crippen MR) is 78.4 cm³/mol. The molecule has 1 rings (SSSR count). The molecule has 0 spiro atoms. The minimum Gasteiger partial charge on any atom is -0.444 e. The van der Waals surface area contributed by atoms with Gasteiger partial charge in [-0.15, -0.1) is 0 Å². The van der Waals surface area contributed by atoms with Crippen LogP contribution in [0.3, 0.4) is 0 Å². The molecule has 0 atom stereocenters. The summed E-state index contributed by atoms with van der Waals surface area (Å²) in [4.78, 5) is 25.6. The van der Waals surface area contributed by atoms with Gasteiger partial charge in [0.2, 0.25) is 5.91 Å². The van der Waals surface area contributed by atoms with Crippen molar-refractivity contribution in [3.8, 4) is 6.07 Å². The largest absolute Gasteiger partial charge is 0.444 e. The molecule has 1 aliphatic rings. The first-order chi connectivity index (χ1) is 9.54. The van der Waals surface area contributed by atoms with Crippen molar-refractivity contribution in [2.75, 3.05) is 13.1 Å². The van der Waals surface area contributed by atoms with E-state index in [-0.39, 0.29) is 17.9 Å². The van der Waals surface area contributed by atoms with Gasteiger partial charge >= 0.3 is 6.09 Å². The van der Waals surface area contributed by atoms with Gasteiger partial charge in [-0.1, -0.05) is 0 Å². The molecule has 6 nitrogen and oxygen atoms in total. The van der Waals surface area contributed by atoms with E-state index in [0.29, 0.717) is 25.9 Å². The normalized spacial score (nSPS) is 17.0. The monoisotopic (exact) mass is 295 g/mol. The van der Waals surface area contributed by atoms with Gasteiger partial charge in [-0.25, -0.2) is 4.79 Å². The van der Waals surface area contributed by atoms with E-state index in [0.717, 1.165) is 0 Å². The summed E-state index contributed by atoms with van der Waals surface area (Å²) in [6, 6.07) is 2.05. The first-order valence-electron chi connectivity index (χ1n) is 7.25. The molecule has 2 amide bonds. The Morgan fingerprint density at radius 2 is 1.71 bits per heavy atom. The number of carbonyl (C=O) groups is 2. The summed E-state index contributed by atoms with van der Waals surface area (Å²) in [7, 11) is 0. The van der Waals surface area contributed by atoms with Crippen LogP contribution >= 0.6 is 0 Å². The van der Waals surface area contributed by atoms with Gasteiger partial charge < -0.3 is 15.0 Å². The van der Waals surface area contributed by atoms with Crippen LogP contribution in [0, 0.1) is 17.2 Å². The first kappa shape index (κ1) is 17.3. The fourth-order valence-electron chi connectivity index (χ4n) is 2.09. The molecule has 0 radical (unpaired) electrons. The summed E-state index contributed by atoms with van der Waals surface area (Å²) in [5.74, 6) is -0.276. The summed E-state index contributed by atoms with van der Waals surface area (Å²) in [6.45, 7) is 9.82. The first-order valence-corrected chi connectivity index (χ1v) is 7.25. The topological polar surface area (TPSA) is 82.4 Å². The van der Waals surface area contributed by atoms with Crippen molar-refractivity contribution in [2.45, 2.75) is 58.6 Å². The molecule has 0 saturated carbocycles. The van der Waals surface area contributed by atoms with Crippen LogP contribution < -0.4 is 5.32 Å². The molecular weight excluding hydrogens is 270 g/mol. The van der Waals surface area contributed by atoms with Crippen molar-refractivity contribution in [3.63, 3.8) is 0 Å². The molecule has 21 heavy (non-hydrogen) atoms. The Morgan fingerprint density at radius 3 is 2.14 bits per heavy atom. The van der Waals surface area contributed by atoms with E-state index in [9.17, 15) is 9.59 Å². The summed E-state index contributed by atoms with van der Waals surface area (Å²) in [5, 5.41) is 11.7. The van der Waals surface area contributed by atoms with Gasteiger partial charge in [0.15, 0.2) is 0 Å². The maximum absolute atomic E-state index is 12.1. The maximum Gasteiger partial charge on any atom is 0.410 e. The molecule has 6 heteroatoms. The second-order valence-electron chi connectivity index (χ2n) is 6.97. The molecule has 118 valence electrons. The number of hydrogen-bond donors (Lipinski definition) is 1. The van der Waals surface area contributed by atoms with Crippen LogP contribution in [0.2, 0.25) is 0 Å². The van der Waals surface area contributed by atoms with Crippen LogP contribution in [0.5, 0.6) is 0 Å². The van der Waals surface area contributed by atoms with Crippen molar-refractivity contribution in [1.82, 2.24) is 10.2 Å². The lowest BCUT2D eigenvalue weighted by Gasteiger charge is -2.33.